The Balaban J connectivity index is 1.96. The minimum atomic E-state index is 0.439. The van der Waals surface area contributed by atoms with Gasteiger partial charge in [0.25, 0.3) is 0 Å². The van der Waals surface area contributed by atoms with Crippen molar-refractivity contribution >= 4 is 17.3 Å². The highest BCUT2D eigenvalue weighted by molar-refractivity contribution is 6.33. The van der Waals surface area contributed by atoms with E-state index in [0.29, 0.717) is 11.5 Å². The van der Waals surface area contributed by atoms with Crippen molar-refractivity contribution in [3.8, 4) is 0 Å². The molecule has 2 nitrogen and oxygen atoms in total. The van der Waals surface area contributed by atoms with Crippen molar-refractivity contribution in [2.45, 2.75) is 65.8 Å². The molecular weight excluding hydrogens is 268 g/mol. The molecule has 0 aromatic carbocycles. The van der Waals surface area contributed by atoms with Crippen molar-refractivity contribution in [3.05, 3.63) is 23.0 Å². The molecule has 0 unspecified atom stereocenters. The minimum absolute atomic E-state index is 0.439. The molecular formula is C17H27ClN2. The second-order valence-electron chi connectivity index (χ2n) is 7.03. The van der Waals surface area contributed by atoms with E-state index in [1.807, 2.05) is 12.3 Å². The van der Waals surface area contributed by atoms with Gasteiger partial charge < -0.3 is 5.32 Å². The Bertz CT molecular complexity index is 443. The number of aryl methyl sites for hydroxylation is 1. The minimum Gasteiger partial charge on any atom is -0.381 e. The average Bonchev–Trinajstić information content (AvgIpc) is 2.41. The van der Waals surface area contributed by atoms with Gasteiger partial charge in [0.05, 0.1) is 16.4 Å². The quantitative estimate of drug-likeness (QED) is 0.816. The Morgan fingerprint density at radius 1 is 1.25 bits per heavy atom. The van der Waals surface area contributed by atoms with Gasteiger partial charge in [-0.3, -0.25) is 4.98 Å². The average molecular weight is 295 g/mol. The monoisotopic (exact) mass is 294 g/mol. The molecule has 0 spiro atoms. The van der Waals surface area contributed by atoms with Gasteiger partial charge in [-0.05, 0) is 49.5 Å². The summed E-state index contributed by atoms with van der Waals surface area (Å²) in [6.07, 6.45) is 7.83. The van der Waals surface area contributed by atoms with Gasteiger partial charge in [-0.2, -0.15) is 0 Å². The second-order valence-corrected chi connectivity index (χ2v) is 7.41. The number of nitrogens with zero attached hydrogens (tertiary/aromatic N) is 1. The summed E-state index contributed by atoms with van der Waals surface area (Å²) < 4.78 is 0. The van der Waals surface area contributed by atoms with Gasteiger partial charge in [-0.1, -0.05) is 39.3 Å². The summed E-state index contributed by atoms with van der Waals surface area (Å²) in [4.78, 5) is 4.32. The Morgan fingerprint density at radius 3 is 2.45 bits per heavy atom. The number of anilines is 1. The molecule has 0 saturated heterocycles. The fourth-order valence-electron chi connectivity index (χ4n) is 3.17. The van der Waals surface area contributed by atoms with Crippen LogP contribution in [0, 0.1) is 11.3 Å². The normalized spacial score (nSPS) is 23.6. The molecule has 2 rings (SSSR count). The third-order valence-electron chi connectivity index (χ3n) is 4.61. The SMILES string of the molecule is CCc1nccc(NC2CCC(C(C)(C)C)CC2)c1Cl. The summed E-state index contributed by atoms with van der Waals surface area (Å²) in [5, 5.41) is 4.42. The Kier molecular flexibility index (Phi) is 4.95. The van der Waals surface area contributed by atoms with Crippen LogP contribution in [0.1, 0.15) is 59.1 Å². The first-order valence-corrected chi connectivity index (χ1v) is 8.19. The van der Waals surface area contributed by atoms with E-state index in [9.17, 15) is 0 Å². The highest BCUT2D eigenvalue weighted by Crippen LogP contribution is 2.39. The third kappa shape index (κ3) is 3.66. The summed E-state index contributed by atoms with van der Waals surface area (Å²) in [6.45, 7) is 9.17. The highest BCUT2D eigenvalue weighted by Gasteiger charge is 2.29. The van der Waals surface area contributed by atoms with E-state index in [0.717, 1.165) is 28.7 Å². The van der Waals surface area contributed by atoms with Gasteiger partial charge in [0.1, 0.15) is 0 Å². The van der Waals surface area contributed by atoms with E-state index in [1.54, 1.807) is 0 Å². The van der Waals surface area contributed by atoms with Crippen LogP contribution in [0.25, 0.3) is 0 Å². The van der Waals surface area contributed by atoms with Crippen LogP contribution in [-0.4, -0.2) is 11.0 Å². The first-order valence-electron chi connectivity index (χ1n) is 7.81. The number of pyridine rings is 1. The van der Waals surface area contributed by atoms with Crippen molar-refractivity contribution in [1.82, 2.24) is 4.98 Å². The molecule has 0 amide bonds. The zero-order valence-corrected chi connectivity index (χ0v) is 13.9. The number of aromatic nitrogens is 1. The predicted octanol–water partition coefficient (Wildman–Crippen LogP) is 5.31. The van der Waals surface area contributed by atoms with E-state index >= 15 is 0 Å². The van der Waals surface area contributed by atoms with Crippen LogP contribution < -0.4 is 5.32 Å². The van der Waals surface area contributed by atoms with Gasteiger partial charge in [0.15, 0.2) is 0 Å². The molecule has 0 radical (unpaired) electrons. The Morgan fingerprint density at radius 2 is 1.90 bits per heavy atom. The Labute approximate surface area is 128 Å². The summed E-state index contributed by atoms with van der Waals surface area (Å²) >= 11 is 6.40. The van der Waals surface area contributed by atoms with Gasteiger partial charge >= 0.3 is 0 Å². The van der Waals surface area contributed by atoms with Crippen LogP contribution in [0.15, 0.2) is 12.3 Å². The lowest BCUT2D eigenvalue weighted by molar-refractivity contribution is 0.173. The van der Waals surface area contributed by atoms with Crippen molar-refractivity contribution in [3.63, 3.8) is 0 Å². The molecule has 1 saturated carbocycles. The van der Waals surface area contributed by atoms with E-state index < -0.39 is 0 Å². The van der Waals surface area contributed by atoms with E-state index in [2.05, 4.69) is 38.0 Å². The number of rotatable bonds is 3. The number of hydrogen-bond acceptors (Lipinski definition) is 2. The number of halogens is 1. The molecule has 0 bridgehead atoms. The van der Waals surface area contributed by atoms with Crippen LogP contribution in [0.3, 0.4) is 0 Å². The van der Waals surface area contributed by atoms with E-state index in [4.69, 9.17) is 11.6 Å². The smallest absolute Gasteiger partial charge is 0.0852 e. The molecule has 1 N–H and O–H groups in total. The predicted molar refractivity (Wildman–Crippen MR) is 87.4 cm³/mol. The molecule has 0 atom stereocenters. The number of hydrogen-bond donors (Lipinski definition) is 1. The van der Waals surface area contributed by atoms with Crippen LogP contribution >= 0.6 is 11.6 Å². The summed E-state index contributed by atoms with van der Waals surface area (Å²) in [5.41, 5.74) is 2.48. The van der Waals surface area contributed by atoms with Gasteiger partial charge in [0.2, 0.25) is 0 Å². The van der Waals surface area contributed by atoms with Gasteiger partial charge in [0, 0.05) is 12.2 Å². The standard InChI is InChI=1S/C17H27ClN2/c1-5-14-16(18)15(10-11-19-14)20-13-8-6-12(7-9-13)17(2,3)4/h10-13H,5-9H2,1-4H3,(H,19,20). The maximum absolute atomic E-state index is 6.40. The van der Waals surface area contributed by atoms with Crippen molar-refractivity contribution in [2.75, 3.05) is 5.32 Å². The molecule has 1 heterocycles. The number of nitrogens with one attached hydrogen (secondary N) is 1. The van der Waals surface area contributed by atoms with E-state index in [-0.39, 0.29) is 0 Å². The van der Waals surface area contributed by atoms with Crippen molar-refractivity contribution in [1.29, 1.82) is 0 Å². The lowest BCUT2D eigenvalue weighted by Gasteiger charge is -2.37. The molecule has 1 aliphatic carbocycles. The highest BCUT2D eigenvalue weighted by atomic mass is 35.5. The van der Waals surface area contributed by atoms with Crippen molar-refractivity contribution in [2.24, 2.45) is 11.3 Å². The third-order valence-corrected chi connectivity index (χ3v) is 5.03. The van der Waals surface area contributed by atoms with Crippen LogP contribution in [0.2, 0.25) is 5.02 Å². The zero-order valence-electron chi connectivity index (χ0n) is 13.2. The first kappa shape index (κ1) is 15.6. The molecule has 112 valence electrons. The summed E-state index contributed by atoms with van der Waals surface area (Å²) in [5.74, 6) is 0.847. The van der Waals surface area contributed by atoms with Crippen LogP contribution in [-0.2, 0) is 6.42 Å². The van der Waals surface area contributed by atoms with Gasteiger partial charge in [-0.15, -0.1) is 0 Å². The maximum Gasteiger partial charge on any atom is 0.0852 e. The topological polar surface area (TPSA) is 24.9 Å². The molecule has 1 aromatic rings. The van der Waals surface area contributed by atoms with Crippen molar-refractivity contribution < 1.29 is 0 Å². The molecule has 1 fully saturated rings. The fourth-order valence-corrected chi connectivity index (χ4v) is 3.47. The summed E-state index contributed by atoms with van der Waals surface area (Å²) in [7, 11) is 0. The zero-order chi connectivity index (χ0) is 14.8. The van der Waals surface area contributed by atoms with Crippen LogP contribution in [0.5, 0.6) is 0 Å². The largest absolute Gasteiger partial charge is 0.381 e. The van der Waals surface area contributed by atoms with Crippen LogP contribution in [0.4, 0.5) is 5.69 Å². The first-order chi connectivity index (χ1) is 9.41. The lowest BCUT2D eigenvalue weighted by Crippen LogP contribution is -2.31. The molecule has 1 aromatic heterocycles. The molecule has 20 heavy (non-hydrogen) atoms. The Hall–Kier alpha value is -0.760. The van der Waals surface area contributed by atoms with E-state index in [1.165, 1.54) is 25.7 Å². The molecule has 1 aliphatic rings. The summed E-state index contributed by atoms with van der Waals surface area (Å²) in [6, 6.07) is 2.55. The molecule has 3 heteroatoms. The maximum atomic E-state index is 6.40. The second kappa shape index (κ2) is 6.34. The fraction of sp³-hybridized carbons (Fsp3) is 0.706. The van der Waals surface area contributed by atoms with Gasteiger partial charge in [-0.25, -0.2) is 0 Å². The lowest BCUT2D eigenvalue weighted by atomic mass is 9.71. The molecule has 0 aliphatic heterocycles.